The number of allylic oxidation sites excluding steroid dienone is 1. The smallest absolute Gasteiger partial charge is 0.416 e. The van der Waals surface area contributed by atoms with E-state index < -0.39 is 67.1 Å². The van der Waals surface area contributed by atoms with E-state index in [4.69, 9.17) is 14.2 Å². The number of carboxylic acid groups (broad SMARTS) is 1. The molecule has 0 spiro atoms. The van der Waals surface area contributed by atoms with Crippen LogP contribution in [0.25, 0.3) is 11.1 Å². The molecule has 2 aliphatic heterocycles. The maximum Gasteiger partial charge on any atom is 0.416 e. The third-order valence-electron chi connectivity index (χ3n) is 8.14. The predicted octanol–water partition coefficient (Wildman–Crippen LogP) is 7.43. The summed E-state index contributed by atoms with van der Waals surface area (Å²) in [5, 5.41) is 12.4. The summed E-state index contributed by atoms with van der Waals surface area (Å²) in [5.41, 5.74) is 0.205. The molecule has 3 aromatic rings. The molecule has 0 fully saturated rings. The lowest BCUT2D eigenvalue weighted by Gasteiger charge is -2.33. The zero-order valence-electron chi connectivity index (χ0n) is 26.3. The van der Waals surface area contributed by atoms with Crippen LogP contribution in [0, 0.1) is 25.5 Å². The van der Waals surface area contributed by atoms with Crippen molar-refractivity contribution in [3.63, 3.8) is 0 Å². The van der Waals surface area contributed by atoms with Gasteiger partial charge in [-0.1, -0.05) is 12.1 Å². The number of rotatable bonds is 6. The number of nitrogens with zero attached hydrogens (tertiary/aromatic N) is 1. The van der Waals surface area contributed by atoms with Crippen molar-refractivity contribution in [2.45, 2.75) is 44.9 Å². The molecular weight excluding hydrogens is 639 g/mol. The van der Waals surface area contributed by atoms with Crippen LogP contribution >= 0.6 is 0 Å². The van der Waals surface area contributed by atoms with Crippen LogP contribution in [0.5, 0.6) is 11.5 Å². The highest BCUT2D eigenvalue weighted by Gasteiger charge is 2.39. The largest absolute Gasteiger partial charge is 0.481 e. The number of carbonyl (C=O) groups is 2. The molecule has 3 aromatic carbocycles. The maximum absolute atomic E-state index is 15.9. The second-order valence-corrected chi connectivity index (χ2v) is 11.5. The van der Waals surface area contributed by atoms with Crippen molar-refractivity contribution in [1.82, 2.24) is 10.2 Å². The van der Waals surface area contributed by atoms with Gasteiger partial charge in [0.05, 0.1) is 31.2 Å². The molecule has 2 atom stereocenters. The number of nitrogens with one attached hydrogen (secondary N) is 1. The Hall–Kier alpha value is -4.75. The number of alkyl halides is 3. The molecule has 1 amide bonds. The first kappa shape index (κ1) is 34.6. The number of carboxylic acids is 1. The molecule has 0 saturated carbocycles. The lowest BCUT2D eigenvalue weighted by molar-refractivity contribution is -0.138. The van der Waals surface area contributed by atoms with Crippen LogP contribution in [0.15, 0.2) is 72.0 Å². The van der Waals surface area contributed by atoms with E-state index in [-0.39, 0.29) is 41.0 Å². The minimum Gasteiger partial charge on any atom is -0.481 e. The van der Waals surface area contributed by atoms with Gasteiger partial charge in [-0.3, -0.25) is 9.59 Å². The summed E-state index contributed by atoms with van der Waals surface area (Å²) in [4.78, 5) is 27.5. The monoisotopic (exact) mass is 672 g/mol. The van der Waals surface area contributed by atoms with Crippen molar-refractivity contribution in [3.8, 4) is 22.6 Å². The topological polar surface area (TPSA) is 97.3 Å². The molecule has 0 radical (unpaired) electrons. The van der Waals surface area contributed by atoms with Crippen LogP contribution in [0.4, 0.5) is 22.0 Å². The Kier molecular flexibility index (Phi) is 10.2. The Morgan fingerprint density at radius 3 is 2.56 bits per heavy atom. The lowest BCUT2D eigenvalue weighted by atomic mass is 9.92. The Balaban J connectivity index is 1.77. The van der Waals surface area contributed by atoms with E-state index in [1.807, 2.05) is 0 Å². The molecule has 2 N–H and O–H groups in total. The van der Waals surface area contributed by atoms with Gasteiger partial charge in [-0.15, -0.1) is 0 Å². The zero-order valence-corrected chi connectivity index (χ0v) is 26.3. The fourth-order valence-electron chi connectivity index (χ4n) is 5.94. The number of methoxy groups -OCH3 is 1. The number of benzene rings is 3. The minimum atomic E-state index is -4.80. The molecule has 5 rings (SSSR count). The van der Waals surface area contributed by atoms with E-state index in [2.05, 4.69) is 5.32 Å². The molecule has 0 aromatic heterocycles. The molecule has 8 nitrogen and oxygen atoms in total. The van der Waals surface area contributed by atoms with Gasteiger partial charge in [0.1, 0.15) is 35.9 Å². The predicted molar refractivity (Wildman–Crippen MR) is 165 cm³/mol. The average molecular weight is 673 g/mol. The first-order valence-electron chi connectivity index (χ1n) is 15.0. The van der Waals surface area contributed by atoms with Crippen molar-refractivity contribution in [3.05, 3.63) is 106 Å². The van der Waals surface area contributed by atoms with Crippen LogP contribution in [-0.2, 0) is 19.1 Å². The van der Waals surface area contributed by atoms with Crippen molar-refractivity contribution in [2.75, 3.05) is 27.1 Å². The van der Waals surface area contributed by atoms with Crippen molar-refractivity contribution in [2.24, 2.45) is 0 Å². The van der Waals surface area contributed by atoms with E-state index in [9.17, 15) is 27.9 Å². The molecule has 0 unspecified atom stereocenters. The van der Waals surface area contributed by atoms with Crippen LogP contribution in [0.3, 0.4) is 0 Å². The van der Waals surface area contributed by atoms with E-state index in [0.717, 1.165) is 28.8 Å². The van der Waals surface area contributed by atoms with E-state index in [1.54, 1.807) is 31.2 Å². The SMILES string of the molecule is COCCC1=C/N([C@H]2C(=O)N[C@@H](CC(=O)O)c3cc(cc(C)c3F)-c3c(C)cccc3Oc3ccc(F)c2c3)COC/C=C\1C(F)(F)F. The standard InChI is InChI=1S/C35H33F5N2O6/c1-19-5-4-6-29-31(19)22-13-20(2)32(37)25(14-22)28(16-30(43)44)41-34(45)33(24-15-23(48-29)7-8-27(24)36)42-17-21(9-11-46-3)26(35(38,39)40)10-12-47-18-42/h4-8,10,13-15,17,28,33H,9,11-12,16,18H2,1-3H3,(H,41,45)(H,43,44)/b21-17-,26-10+/t28-,33+/m0/s1. The average Bonchev–Trinajstić information content (AvgIpc) is 2.99. The van der Waals surface area contributed by atoms with Crippen molar-refractivity contribution in [1.29, 1.82) is 0 Å². The first-order valence-corrected chi connectivity index (χ1v) is 15.0. The quantitative estimate of drug-likeness (QED) is 0.263. The number of carbonyl (C=O) groups excluding carboxylic acids is 1. The number of hydrogen-bond acceptors (Lipinski definition) is 6. The number of halogens is 5. The fourth-order valence-corrected chi connectivity index (χ4v) is 5.94. The molecule has 2 aliphatic rings. The van der Waals surface area contributed by atoms with Gasteiger partial charge in [0.25, 0.3) is 0 Å². The van der Waals surface area contributed by atoms with Gasteiger partial charge in [0, 0.05) is 30.0 Å². The lowest BCUT2D eigenvalue weighted by Crippen LogP contribution is -2.42. The van der Waals surface area contributed by atoms with Gasteiger partial charge in [0.2, 0.25) is 5.91 Å². The molecule has 2 heterocycles. The highest BCUT2D eigenvalue weighted by Crippen LogP contribution is 2.41. The zero-order chi connectivity index (χ0) is 34.7. The number of fused-ring (bicyclic) bond motifs is 6. The van der Waals surface area contributed by atoms with E-state index in [1.165, 1.54) is 32.2 Å². The van der Waals surface area contributed by atoms with Gasteiger partial charge in [0.15, 0.2) is 0 Å². The highest BCUT2D eigenvalue weighted by atomic mass is 19.4. The van der Waals surface area contributed by atoms with Gasteiger partial charge < -0.3 is 29.5 Å². The van der Waals surface area contributed by atoms with Gasteiger partial charge in [-0.25, -0.2) is 8.78 Å². The summed E-state index contributed by atoms with van der Waals surface area (Å²) in [6, 6.07) is 8.64. The number of aryl methyl sites for hydroxylation is 2. The Bertz CT molecular complexity index is 1790. The van der Waals surface area contributed by atoms with Crippen LogP contribution in [0.1, 0.15) is 47.2 Å². The second kappa shape index (κ2) is 14.2. The molecule has 254 valence electrons. The molecule has 13 heteroatoms. The van der Waals surface area contributed by atoms with Gasteiger partial charge in [-0.2, -0.15) is 13.2 Å². The van der Waals surface area contributed by atoms with E-state index in [0.29, 0.717) is 16.9 Å². The highest BCUT2D eigenvalue weighted by molar-refractivity contribution is 5.85. The van der Waals surface area contributed by atoms with Crippen molar-refractivity contribution >= 4 is 11.9 Å². The number of ether oxygens (including phenoxy) is 3. The summed E-state index contributed by atoms with van der Waals surface area (Å²) in [5.74, 6) is -3.64. The molecule has 0 aliphatic carbocycles. The molecule has 4 bridgehead atoms. The summed E-state index contributed by atoms with van der Waals surface area (Å²) in [6.45, 7) is 2.26. The molecule has 48 heavy (non-hydrogen) atoms. The summed E-state index contributed by atoms with van der Waals surface area (Å²) < 4.78 is 91.0. The Labute approximate surface area is 273 Å². The summed E-state index contributed by atoms with van der Waals surface area (Å²) in [7, 11) is 1.32. The van der Waals surface area contributed by atoms with Crippen molar-refractivity contribution < 1.29 is 50.9 Å². The number of hydrogen-bond donors (Lipinski definition) is 2. The van der Waals surface area contributed by atoms with Gasteiger partial charge >= 0.3 is 12.1 Å². The van der Waals surface area contributed by atoms with Crippen LogP contribution in [-0.4, -0.2) is 55.1 Å². The summed E-state index contributed by atoms with van der Waals surface area (Å²) in [6.07, 6.45) is -3.84. The van der Waals surface area contributed by atoms with Crippen LogP contribution < -0.4 is 10.1 Å². The fraction of sp³-hybridized carbons (Fsp3) is 0.314. The van der Waals surface area contributed by atoms with Gasteiger partial charge in [-0.05, 0) is 85.0 Å². The second-order valence-electron chi connectivity index (χ2n) is 11.5. The van der Waals surface area contributed by atoms with E-state index >= 15 is 8.78 Å². The molecule has 0 saturated heterocycles. The minimum absolute atomic E-state index is 0.100. The third-order valence-corrected chi connectivity index (χ3v) is 8.14. The number of aliphatic carboxylic acids is 1. The summed E-state index contributed by atoms with van der Waals surface area (Å²) >= 11 is 0. The Morgan fingerprint density at radius 2 is 1.85 bits per heavy atom. The third kappa shape index (κ3) is 7.37. The Morgan fingerprint density at radius 1 is 1.08 bits per heavy atom. The normalized spacial score (nSPS) is 20.6. The first-order chi connectivity index (χ1) is 22.8. The number of amides is 1. The maximum atomic E-state index is 15.9. The molecular formula is C35H33F5N2O6. The van der Waals surface area contributed by atoms with Crippen LogP contribution in [0.2, 0.25) is 0 Å².